The summed E-state index contributed by atoms with van der Waals surface area (Å²) in [5, 5.41) is 13.0. The molecule has 0 saturated heterocycles. The molecule has 1 saturated carbocycles. The molecule has 0 unspecified atom stereocenters. The molecule has 0 aromatic carbocycles. The molecule has 146 valence electrons. The van der Waals surface area contributed by atoms with E-state index in [2.05, 4.69) is 20.5 Å². The molecule has 2 aliphatic rings. The van der Waals surface area contributed by atoms with Gasteiger partial charge in [0.2, 0.25) is 11.8 Å². The number of aromatic nitrogens is 5. The maximum atomic E-state index is 5.81. The van der Waals surface area contributed by atoms with Crippen LogP contribution >= 0.6 is 11.3 Å². The Hall–Kier alpha value is -2.87. The van der Waals surface area contributed by atoms with Gasteiger partial charge >= 0.3 is 0 Å². The Bertz CT molecular complexity index is 1180. The second-order valence-electron chi connectivity index (χ2n) is 7.69. The number of anilines is 1. The van der Waals surface area contributed by atoms with Gasteiger partial charge in [-0.1, -0.05) is 0 Å². The number of rotatable bonds is 5. The van der Waals surface area contributed by atoms with E-state index in [1.165, 1.54) is 23.3 Å². The van der Waals surface area contributed by atoms with E-state index in [1.807, 2.05) is 12.1 Å². The van der Waals surface area contributed by atoms with E-state index >= 15 is 0 Å². The molecular formula is C21H20N6OS. The minimum atomic E-state index is 0.461. The van der Waals surface area contributed by atoms with Crippen LogP contribution in [0, 0.1) is 0 Å². The molecule has 8 heteroatoms. The van der Waals surface area contributed by atoms with E-state index in [0.717, 1.165) is 53.2 Å². The van der Waals surface area contributed by atoms with Crippen molar-refractivity contribution in [2.75, 3.05) is 5.32 Å². The first-order valence-electron chi connectivity index (χ1n) is 10.1. The monoisotopic (exact) mass is 404 g/mol. The quantitative estimate of drug-likeness (QED) is 0.523. The van der Waals surface area contributed by atoms with Gasteiger partial charge in [0, 0.05) is 28.8 Å². The van der Waals surface area contributed by atoms with E-state index in [9.17, 15) is 0 Å². The molecule has 0 bridgehead atoms. The Kier molecular flexibility index (Phi) is 4.04. The molecule has 29 heavy (non-hydrogen) atoms. The van der Waals surface area contributed by atoms with Gasteiger partial charge in [-0.15, -0.1) is 21.5 Å². The average molecular weight is 404 g/mol. The second-order valence-corrected chi connectivity index (χ2v) is 8.77. The number of thiophene rings is 1. The Balaban J connectivity index is 1.40. The molecule has 0 atom stereocenters. The molecule has 0 spiro atoms. The molecular weight excluding hydrogens is 384 g/mol. The molecule has 4 aromatic rings. The third-order valence-electron chi connectivity index (χ3n) is 5.55. The maximum Gasteiger partial charge on any atom is 0.235 e. The number of pyridine rings is 1. The maximum absolute atomic E-state index is 5.81. The van der Waals surface area contributed by atoms with Crippen LogP contribution < -0.4 is 5.32 Å². The van der Waals surface area contributed by atoms with E-state index in [1.54, 1.807) is 23.7 Å². The largest absolute Gasteiger partial charge is 0.423 e. The van der Waals surface area contributed by atoms with Crippen molar-refractivity contribution in [3.8, 4) is 11.4 Å². The number of hydrogen-bond donors (Lipinski definition) is 1. The van der Waals surface area contributed by atoms with Gasteiger partial charge in [-0.05, 0) is 56.2 Å². The van der Waals surface area contributed by atoms with Gasteiger partial charge in [-0.2, -0.15) is 0 Å². The third kappa shape index (κ3) is 3.17. The Morgan fingerprint density at radius 1 is 1.14 bits per heavy atom. The highest BCUT2D eigenvalue weighted by atomic mass is 32.1. The zero-order chi connectivity index (χ0) is 19.2. The summed E-state index contributed by atoms with van der Waals surface area (Å²) in [6, 6.07) is 3.90. The summed E-state index contributed by atoms with van der Waals surface area (Å²) in [7, 11) is 0. The fraction of sp³-hybridized carbons (Fsp3) is 0.381. The molecule has 1 fully saturated rings. The highest BCUT2D eigenvalue weighted by Gasteiger charge is 2.29. The van der Waals surface area contributed by atoms with Crippen LogP contribution in [0.15, 0.2) is 28.9 Å². The van der Waals surface area contributed by atoms with Crippen LogP contribution in [0.4, 0.5) is 5.82 Å². The summed E-state index contributed by atoms with van der Waals surface area (Å²) in [6.45, 7) is 0.461. The smallest absolute Gasteiger partial charge is 0.235 e. The molecule has 0 radical (unpaired) electrons. The summed E-state index contributed by atoms with van der Waals surface area (Å²) in [5.74, 6) is 3.36. The van der Waals surface area contributed by atoms with Gasteiger partial charge in [0.05, 0.1) is 11.9 Å². The standard InChI is InChI=1S/C21H20N6OS/c1-2-6-15-14(5-1)17-19(23-11-16-26-27-20(28-16)12-7-8-12)24-18(25-21(17)29-15)13-4-3-9-22-10-13/h3-4,9-10,12H,1-2,5-8,11H2,(H,23,24,25). The van der Waals surface area contributed by atoms with E-state index in [0.29, 0.717) is 24.2 Å². The van der Waals surface area contributed by atoms with Crippen molar-refractivity contribution in [2.45, 2.75) is 51.0 Å². The second kappa shape index (κ2) is 6.88. The Morgan fingerprint density at radius 2 is 2.07 bits per heavy atom. The van der Waals surface area contributed by atoms with Crippen molar-refractivity contribution in [3.63, 3.8) is 0 Å². The number of hydrogen-bond acceptors (Lipinski definition) is 8. The van der Waals surface area contributed by atoms with Gasteiger partial charge in [0.1, 0.15) is 10.6 Å². The van der Waals surface area contributed by atoms with Gasteiger partial charge in [0.15, 0.2) is 5.82 Å². The SMILES string of the molecule is c1cncc(-c2nc(NCc3nnc(C4CC4)o3)c3c4c(sc3n2)CCCC4)c1. The molecule has 1 N–H and O–H groups in total. The molecule has 7 nitrogen and oxygen atoms in total. The van der Waals surface area contributed by atoms with Crippen molar-refractivity contribution < 1.29 is 4.42 Å². The molecule has 0 aliphatic heterocycles. The molecule has 6 rings (SSSR count). The topological polar surface area (TPSA) is 89.6 Å². The highest BCUT2D eigenvalue weighted by Crippen LogP contribution is 2.40. The Labute approximate surface area is 171 Å². The summed E-state index contributed by atoms with van der Waals surface area (Å²) < 4.78 is 5.81. The first-order valence-corrected chi connectivity index (χ1v) is 11.0. The van der Waals surface area contributed by atoms with Crippen LogP contribution in [0.1, 0.15) is 53.8 Å². The van der Waals surface area contributed by atoms with Crippen LogP contribution in [0.2, 0.25) is 0 Å². The van der Waals surface area contributed by atoms with E-state index in [4.69, 9.17) is 14.4 Å². The number of nitrogens with zero attached hydrogens (tertiary/aromatic N) is 5. The third-order valence-corrected chi connectivity index (χ3v) is 6.74. The fourth-order valence-corrected chi connectivity index (χ4v) is 5.16. The summed E-state index contributed by atoms with van der Waals surface area (Å²) in [4.78, 5) is 16.5. The van der Waals surface area contributed by atoms with E-state index < -0.39 is 0 Å². The van der Waals surface area contributed by atoms with Crippen LogP contribution in [0.3, 0.4) is 0 Å². The van der Waals surface area contributed by atoms with Crippen molar-refractivity contribution in [1.82, 2.24) is 25.1 Å². The van der Waals surface area contributed by atoms with Crippen LogP contribution in [0.25, 0.3) is 21.6 Å². The Morgan fingerprint density at radius 3 is 2.93 bits per heavy atom. The van der Waals surface area contributed by atoms with Crippen LogP contribution in [-0.2, 0) is 19.4 Å². The predicted molar refractivity (Wildman–Crippen MR) is 111 cm³/mol. The predicted octanol–water partition coefficient (Wildman–Crippen LogP) is 4.50. The molecule has 4 aromatic heterocycles. The lowest BCUT2D eigenvalue weighted by Gasteiger charge is -2.12. The molecule has 4 heterocycles. The lowest BCUT2D eigenvalue weighted by Crippen LogP contribution is -2.06. The minimum Gasteiger partial charge on any atom is -0.423 e. The summed E-state index contributed by atoms with van der Waals surface area (Å²) in [6.07, 6.45) is 10.6. The number of nitrogens with one attached hydrogen (secondary N) is 1. The van der Waals surface area contributed by atoms with Gasteiger partial charge < -0.3 is 9.73 Å². The summed E-state index contributed by atoms with van der Waals surface area (Å²) in [5.41, 5.74) is 2.32. The fourth-order valence-electron chi connectivity index (χ4n) is 3.90. The van der Waals surface area contributed by atoms with E-state index in [-0.39, 0.29) is 0 Å². The lowest BCUT2D eigenvalue weighted by atomic mass is 9.97. The van der Waals surface area contributed by atoms with Gasteiger partial charge in [-0.25, -0.2) is 9.97 Å². The first kappa shape index (κ1) is 17.0. The lowest BCUT2D eigenvalue weighted by molar-refractivity contribution is 0.457. The minimum absolute atomic E-state index is 0.461. The highest BCUT2D eigenvalue weighted by molar-refractivity contribution is 7.19. The van der Waals surface area contributed by atoms with Crippen molar-refractivity contribution in [3.05, 3.63) is 46.7 Å². The summed E-state index contributed by atoms with van der Waals surface area (Å²) >= 11 is 1.80. The van der Waals surface area contributed by atoms with Gasteiger partial charge in [-0.3, -0.25) is 4.98 Å². The molecule has 2 aliphatic carbocycles. The van der Waals surface area contributed by atoms with Crippen molar-refractivity contribution >= 4 is 27.4 Å². The molecule has 0 amide bonds. The van der Waals surface area contributed by atoms with Crippen LogP contribution in [0.5, 0.6) is 0 Å². The zero-order valence-corrected chi connectivity index (χ0v) is 16.7. The van der Waals surface area contributed by atoms with Crippen molar-refractivity contribution in [1.29, 1.82) is 0 Å². The number of aryl methyl sites for hydroxylation is 2. The van der Waals surface area contributed by atoms with Gasteiger partial charge in [0.25, 0.3) is 0 Å². The van der Waals surface area contributed by atoms with Crippen molar-refractivity contribution in [2.24, 2.45) is 0 Å². The average Bonchev–Trinajstić information content (AvgIpc) is 3.39. The zero-order valence-electron chi connectivity index (χ0n) is 15.9. The van der Waals surface area contributed by atoms with Crippen LogP contribution in [-0.4, -0.2) is 25.1 Å². The normalized spacial score (nSPS) is 16.1. The first-order chi connectivity index (χ1) is 14.3. The number of fused-ring (bicyclic) bond motifs is 3.